The van der Waals surface area contributed by atoms with Crippen LogP contribution in [0.2, 0.25) is 0 Å². The van der Waals surface area contributed by atoms with Gasteiger partial charge in [-0.05, 0) is 35.6 Å². The fraction of sp³-hybridized carbons (Fsp3) is 0.462. The van der Waals surface area contributed by atoms with Crippen molar-refractivity contribution in [2.75, 3.05) is 13.2 Å². The molecule has 0 radical (unpaired) electrons. The van der Waals surface area contributed by atoms with E-state index >= 15 is 0 Å². The first kappa shape index (κ1) is 26.2. The van der Waals surface area contributed by atoms with E-state index in [1.165, 1.54) is 42.5 Å². The molecule has 0 aliphatic carbocycles. The van der Waals surface area contributed by atoms with E-state index in [0.29, 0.717) is 0 Å². The Labute approximate surface area is 205 Å². The van der Waals surface area contributed by atoms with E-state index in [2.05, 4.69) is 5.32 Å². The number of benzene rings is 2. The van der Waals surface area contributed by atoms with Gasteiger partial charge in [0.2, 0.25) is 5.91 Å². The second-order valence-corrected chi connectivity index (χ2v) is 9.62. The molecular weight excluding hydrogens is 483 g/mol. The van der Waals surface area contributed by atoms with Crippen LogP contribution in [0.4, 0.5) is 22.0 Å². The highest BCUT2D eigenvalue weighted by Crippen LogP contribution is 2.37. The molecule has 2 aromatic rings. The summed E-state index contributed by atoms with van der Waals surface area (Å²) in [5.74, 6) is -2.01. The number of hydrogen-bond acceptors (Lipinski definition) is 4. The number of likely N-dealkylation sites (tertiary alicyclic amines) is 1. The van der Waals surface area contributed by atoms with Gasteiger partial charge in [-0.3, -0.25) is 14.9 Å². The molecule has 36 heavy (non-hydrogen) atoms. The predicted molar refractivity (Wildman–Crippen MR) is 122 cm³/mol. The molecule has 0 unspecified atom stereocenters. The molecule has 2 aliphatic rings. The molecule has 194 valence electrons. The Kier molecular flexibility index (Phi) is 7.47. The van der Waals surface area contributed by atoms with E-state index in [9.17, 15) is 31.5 Å². The van der Waals surface area contributed by atoms with Crippen molar-refractivity contribution in [3.05, 3.63) is 59.9 Å². The molecule has 1 N–H and O–H groups in total. The number of ether oxygens (including phenoxy) is 1. The van der Waals surface area contributed by atoms with Gasteiger partial charge in [0, 0.05) is 5.56 Å². The van der Waals surface area contributed by atoms with Gasteiger partial charge in [0.15, 0.2) is 5.78 Å². The lowest BCUT2D eigenvalue weighted by Crippen LogP contribution is -2.53. The normalized spacial score (nSPS) is 23.7. The van der Waals surface area contributed by atoms with Crippen LogP contribution < -0.4 is 5.32 Å². The molecule has 0 spiro atoms. The molecule has 0 bridgehead atoms. The molecule has 10 heteroatoms. The highest BCUT2D eigenvalue weighted by atomic mass is 19.4. The number of rotatable bonds is 7. The number of amides is 1. The maximum absolute atomic E-state index is 14.4. The molecule has 0 aromatic heterocycles. The Hall–Kier alpha value is -2.85. The van der Waals surface area contributed by atoms with E-state index in [0.717, 1.165) is 4.90 Å². The number of nitrogens with zero attached hydrogens (tertiary/aromatic N) is 1. The highest BCUT2D eigenvalue weighted by Gasteiger charge is 2.54. The van der Waals surface area contributed by atoms with E-state index in [1.54, 1.807) is 19.9 Å². The number of alkyl halides is 4. The number of Topliss-reactive ketones (excluding diaryl/α,β-unsaturated/α-hetero) is 1. The Morgan fingerprint density at radius 3 is 2.56 bits per heavy atom. The minimum absolute atomic E-state index is 0.0261. The lowest BCUT2D eigenvalue weighted by atomic mass is 9.96. The van der Waals surface area contributed by atoms with Gasteiger partial charge >= 0.3 is 6.18 Å². The van der Waals surface area contributed by atoms with E-state index < -0.39 is 60.6 Å². The van der Waals surface area contributed by atoms with Gasteiger partial charge in [-0.2, -0.15) is 13.2 Å². The molecule has 2 aliphatic heterocycles. The number of halogens is 5. The van der Waals surface area contributed by atoms with Gasteiger partial charge < -0.3 is 9.64 Å². The van der Waals surface area contributed by atoms with Crippen molar-refractivity contribution < 1.29 is 36.3 Å². The van der Waals surface area contributed by atoms with Gasteiger partial charge in [0.25, 0.3) is 0 Å². The number of ketones is 1. The van der Waals surface area contributed by atoms with Crippen molar-refractivity contribution in [3.8, 4) is 11.1 Å². The highest BCUT2D eigenvalue weighted by molar-refractivity contribution is 5.94. The molecule has 5 nitrogen and oxygen atoms in total. The van der Waals surface area contributed by atoms with Crippen LogP contribution in [0.1, 0.15) is 31.9 Å². The van der Waals surface area contributed by atoms with Gasteiger partial charge in [-0.25, -0.2) is 8.78 Å². The molecular formula is C26H27F5N2O3. The lowest BCUT2D eigenvalue weighted by Gasteiger charge is -2.32. The van der Waals surface area contributed by atoms with E-state index in [4.69, 9.17) is 4.74 Å². The van der Waals surface area contributed by atoms with Crippen molar-refractivity contribution in [2.45, 2.75) is 56.8 Å². The zero-order chi connectivity index (χ0) is 26.2. The largest absolute Gasteiger partial charge is 0.407 e. The summed E-state index contributed by atoms with van der Waals surface area (Å²) in [5.41, 5.74) is 0.199. The van der Waals surface area contributed by atoms with Crippen LogP contribution in [0, 0.1) is 11.7 Å². The number of fused-ring (bicyclic) bond motifs is 1. The zero-order valence-electron chi connectivity index (χ0n) is 19.8. The van der Waals surface area contributed by atoms with Crippen LogP contribution in [-0.4, -0.2) is 60.3 Å². The summed E-state index contributed by atoms with van der Waals surface area (Å²) in [4.78, 5) is 26.7. The molecule has 2 heterocycles. The van der Waals surface area contributed by atoms with Crippen molar-refractivity contribution in [3.63, 3.8) is 0 Å². The molecule has 2 saturated heterocycles. The average molecular weight is 511 g/mol. The number of hydrogen-bond donors (Lipinski definition) is 1. The number of nitrogens with one attached hydrogen (secondary N) is 1. The standard InChI is InChI=1S/C26H27F5N2O3/c1-14(2)10-20(25(35)33-12-19(28)23-22(33)21(34)13-36-23)32-24(26(29,30)31)16-7-5-6-15(11-16)17-8-3-4-9-18(17)27/h3-9,11,14,19-20,22-24,32H,10,12-13H2,1-2H3/t19-,20-,22+,23+,24-/m0/s1. The van der Waals surface area contributed by atoms with Gasteiger partial charge in [0.1, 0.15) is 36.8 Å². The van der Waals surface area contributed by atoms with Gasteiger partial charge in [-0.1, -0.05) is 50.2 Å². The number of carbonyl (C=O) groups is 2. The van der Waals surface area contributed by atoms with Gasteiger partial charge in [0.05, 0.1) is 12.6 Å². The molecule has 0 saturated carbocycles. The minimum Gasteiger partial charge on any atom is -0.365 e. The summed E-state index contributed by atoms with van der Waals surface area (Å²) in [7, 11) is 0. The van der Waals surface area contributed by atoms with Crippen molar-refractivity contribution in [2.24, 2.45) is 5.92 Å². The second-order valence-electron chi connectivity index (χ2n) is 9.62. The molecule has 1 amide bonds. The average Bonchev–Trinajstić information content (AvgIpc) is 3.36. The summed E-state index contributed by atoms with van der Waals surface area (Å²) >= 11 is 0. The van der Waals surface area contributed by atoms with Crippen LogP contribution in [0.3, 0.4) is 0 Å². The second kappa shape index (κ2) is 10.3. The van der Waals surface area contributed by atoms with Crippen LogP contribution in [-0.2, 0) is 14.3 Å². The molecule has 2 aromatic carbocycles. The van der Waals surface area contributed by atoms with Crippen LogP contribution in [0.15, 0.2) is 48.5 Å². The predicted octanol–water partition coefficient (Wildman–Crippen LogP) is 4.62. The first-order valence-electron chi connectivity index (χ1n) is 11.7. The zero-order valence-corrected chi connectivity index (χ0v) is 19.8. The minimum atomic E-state index is -4.80. The third kappa shape index (κ3) is 5.29. The summed E-state index contributed by atoms with van der Waals surface area (Å²) in [6, 6.07) is 6.39. The Morgan fingerprint density at radius 1 is 1.17 bits per heavy atom. The fourth-order valence-corrected chi connectivity index (χ4v) is 4.90. The number of carbonyl (C=O) groups excluding carboxylic acids is 2. The Bertz CT molecular complexity index is 1120. The first-order valence-corrected chi connectivity index (χ1v) is 11.7. The van der Waals surface area contributed by atoms with Crippen LogP contribution in [0.25, 0.3) is 11.1 Å². The summed E-state index contributed by atoms with van der Waals surface area (Å²) in [5, 5.41) is 2.44. The smallest absolute Gasteiger partial charge is 0.365 e. The monoisotopic (exact) mass is 510 g/mol. The van der Waals surface area contributed by atoms with Crippen LogP contribution in [0.5, 0.6) is 0 Å². The van der Waals surface area contributed by atoms with Crippen molar-refractivity contribution >= 4 is 11.7 Å². The fourth-order valence-electron chi connectivity index (χ4n) is 4.90. The third-order valence-corrected chi connectivity index (χ3v) is 6.51. The molecule has 5 atom stereocenters. The summed E-state index contributed by atoms with van der Waals surface area (Å²) in [6.45, 7) is 2.74. The SMILES string of the molecule is CC(C)C[C@H](N[C@@H](c1cccc(-c2ccccc2F)c1)C(F)(F)F)C(=O)N1C[C@H](F)[C@H]2OCC(=O)[C@H]21. The quantitative estimate of drug-likeness (QED) is 0.553. The first-order chi connectivity index (χ1) is 17.0. The third-order valence-electron chi connectivity index (χ3n) is 6.51. The maximum atomic E-state index is 14.4. The van der Waals surface area contributed by atoms with Crippen LogP contribution >= 0.6 is 0 Å². The van der Waals surface area contributed by atoms with Crippen molar-refractivity contribution in [1.29, 1.82) is 0 Å². The Balaban J connectivity index is 1.66. The lowest BCUT2D eigenvalue weighted by molar-refractivity contribution is -0.163. The topological polar surface area (TPSA) is 58.6 Å². The summed E-state index contributed by atoms with van der Waals surface area (Å²) < 4.78 is 76.8. The van der Waals surface area contributed by atoms with E-state index in [-0.39, 0.29) is 35.6 Å². The molecule has 4 rings (SSSR count). The molecule has 2 fully saturated rings. The van der Waals surface area contributed by atoms with Gasteiger partial charge in [-0.15, -0.1) is 0 Å². The summed E-state index contributed by atoms with van der Waals surface area (Å²) in [6.07, 6.45) is -7.47. The van der Waals surface area contributed by atoms with E-state index in [1.807, 2.05) is 0 Å². The maximum Gasteiger partial charge on any atom is 0.407 e. The van der Waals surface area contributed by atoms with Crippen molar-refractivity contribution in [1.82, 2.24) is 10.2 Å². The Morgan fingerprint density at radius 2 is 1.89 bits per heavy atom.